The topological polar surface area (TPSA) is 137 Å². The number of carbonyl (C=O) groups is 4. The highest BCUT2D eigenvalue weighted by molar-refractivity contribution is 6.32. The fourth-order valence-corrected chi connectivity index (χ4v) is 8.07. The first-order valence-electron chi connectivity index (χ1n) is 16.9. The average molecular weight is 686 g/mol. The minimum absolute atomic E-state index is 0.0255. The smallest absolute Gasteiger partial charge is 0.287 e. The highest BCUT2D eigenvalue weighted by atomic mass is 35.5. The Kier molecular flexibility index (Phi) is 9.01. The SMILES string of the molecule is CN1C[C@H](Nc2cnn(C)c(=O)c2Cl)C[C@H](c2ccc(C(=O)N3CCC(c4ccc5c(c4)CN(C4CCC(=O)NC4=O)C5=O)CC3)cc2)C1. The zero-order valence-corrected chi connectivity index (χ0v) is 28.4. The molecular formula is C36H40ClN7O5. The largest absolute Gasteiger partial charge is 0.378 e. The van der Waals surface area contributed by atoms with E-state index in [1.54, 1.807) is 18.1 Å². The molecule has 0 saturated carbocycles. The van der Waals surface area contributed by atoms with Crippen molar-refractivity contribution in [2.75, 3.05) is 38.5 Å². The second-order valence-electron chi connectivity index (χ2n) is 13.8. The molecule has 12 nitrogen and oxygen atoms in total. The van der Waals surface area contributed by atoms with Crippen LogP contribution in [0.1, 0.15) is 81.3 Å². The summed E-state index contributed by atoms with van der Waals surface area (Å²) in [6, 6.07) is 13.3. The molecule has 2 N–H and O–H groups in total. The summed E-state index contributed by atoms with van der Waals surface area (Å²) in [5.41, 5.74) is 4.70. The second kappa shape index (κ2) is 13.4. The zero-order chi connectivity index (χ0) is 34.4. The molecule has 4 aliphatic heterocycles. The normalized spacial score (nSPS) is 23.4. The second-order valence-corrected chi connectivity index (χ2v) is 14.2. The number of fused-ring (bicyclic) bond motifs is 1. The minimum atomic E-state index is -0.628. The Morgan fingerprint density at radius 2 is 1.67 bits per heavy atom. The molecule has 4 amide bonds. The molecule has 13 heteroatoms. The van der Waals surface area contributed by atoms with Gasteiger partial charge in [-0.3, -0.25) is 29.3 Å². The molecule has 256 valence electrons. The summed E-state index contributed by atoms with van der Waals surface area (Å²) in [6.45, 7) is 3.33. The molecule has 1 aromatic heterocycles. The van der Waals surface area contributed by atoms with Gasteiger partial charge in [0, 0.05) is 63.4 Å². The number of anilines is 1. The number of halogens is 1. The minimum Gasteiger partial charge on any atom is -0.378 e. The summed E-state index contributed by atoms with van der Waals surface area (Å²) in [4.78, 5) is 68.6. The number of nitrogens with zero attached hydrogens (tertiary/aromatic N) is 5. The fourth-order valence-electron chi connectivity index (χ4n) is 7.84. The van der Waals surface area contributed by atoms with Gasteiger partial charge >= 0.3 is 0 Å². The molecule has 3 saturated heterocycles. The number of benzene rings is 2. The number of rotatable bonds is 6. The highest BCUT2D eigenvalue weighted by Crippen LogP contribution is 2.34. The third kappa shape index (κ3) is 6.59. The molecule has 2 aromatic carbocycles. The van der Waals surface area contributed by atoms with Crippen LogP contribution in [0.25, 0.3) is 0 Å². The number of piperidine rings is 3. The van der Waals surface area contributed by atoms with Gasteiger partial charge in [-0.05, 0) is 79.5 Å². The monoisotopic (exact) mass is 685 g/mol. The first-order chi connectivity index (χ1) is 23.5. The van der Waals surface area contributed by atoms with Gasteiger partial charge in [-0.1, -0.05) is 35.9 Å². The van der Waals surface area contributed by atoms with Crippen LogP contribution < -0.4 is 16.2 Å². The number of hydrogen-bond donors (Lipinski definition) is 2. The number of amides is 4. The van der Waals surface area contributed by atoms with Crippen LogP contribution in [-0.4, -0.2) is 93.4 Å². The first-order valence-corrected chi connectivity index (χ1v) is 17.3. The Hall–Kier alpha value is -4.55. The number of likely N-dealkylation sites (N-methyl/N-ethyl adjacent to an activating group) is 1. The van der Waals surface area contributed by atoms with E-state index in [2.05, 4.69) is 45.9 Å². The van der Waals surface area contributed by atoms with Gasteiger partial charge in [-0.15, -0.1) is 0 Å². The molecule has 5 heterocycles. The average Bonchev–Trinajstić information content (AvgIpc) is 3.43. The molecule has 0 aliphatic carbocycles. The van der Waals surface area contributed by atoms with E-state index < -0.39 is 11.9 Å². The van der Waals surface area contributed by atoms with E-state index in [0.29, 0.717) is 42.9 Å². The van der Waals surface area contributed by atoms with E-state index in [1.165, 1.54) is 4.68 Å². The number of carbonyl (C=O) groups excluding carboxylic acids is 4. The molecule has 3 aromatic rings. The van der Waals surface area contributed by atoms with Gasteiger partial charge in [0.2, 0.25) is 11.8 Å². The predicted molar refractivity (Wildman–Crippen MR) is 184 cm³/mol. The van der Waals surface area contributed by atoms with Gasteiger partial charge in [0.05, 0.1) is 11.9 Å². The van der Waals surface area contributed by atoms with Crippen molar-refractivity contribution in [2.24, 2.45) is 7.05 Å². The Labute approximate surface area is 289 Å². The number of hydrogen-bond acceptors (Lipinski definition) is 8. The molecule has 3 fully saturated rings. The van der Waals surface area contributed by atoms with Crippen molar-refractivity contribution in [1.29, 1.82) is 0 Å². The van der Waals surface area contributed by atoms with E-state index in [1.807, 2.05) is 29.2 Å². The lowest BCUT2D eigenvalue weighted by Crippen LogP contribution is -2.52. The van der Waals surface area contributed by atoms with E-state index in [9.17, 15) is 24.0 Å². The number of likely N-dealkylation sites (tertiary alicyclic amines) is 2. The molecule has 7 rings (SSSR count). The number of aryl methyl sites for hydroxylation is 1. The lowest BCUT2D eigenvalue weighted by Gasteiger charge is -2.37. The van der Waals surface area contributed by atoms with E-state index >= 15 is 0 Å². The summed E-state index contributed by atoms with van der Waals surface area (Å²) < 4.78 is 1.22. The predicted octanol–water partition coefficient (Wildman–Crippen LogP) is 3.11. The van der Waals surface area contributed by atoms with Crippen molar-refractivity contribution in [3.8, 4) is 0 Å². The van der Waals surface area contributed by atoms with Crippen LogP contribution in [0.15, 0.2) is 53.5 Å². The van der Waals surface area contributed by atoms with Gasteiger partial charge < -0.3 is 20.0 Å². The fraction of sp³-hybridized carbons (Fsp3) is 0.444. The van der Waals surface area contributed by atoms with Gasteiger partial charge in [0.15, 0.2) is 0 Å². The Balaban J connectivity index is 0.946. The summed E-state index contributed by atoms with van der Waals surface area (Å²) in [7, 11) is 3.64. The van der Waals surface area contributed by atoms with Gasteiger partial charge in [-0.2, -0.15) is 5.10 Å². The number of nitrogens with one attached hydrogen (secondary N) is 2. The van der Waals surface area contributed by atoms with E-state index in [0.717, 1.165) is 49.0 Å². The van der Waals surface area contributed by atoms with Crippen LogP contribution in [0.2, 0.25) is 5.02 Å². The summed E-state index contributed by atoms with van der Waals surface area (Å²) in [6.07, 6.45) is 4.65. The van der Waals surface area contributed by atoms with Crippen molar-refractivity contribution in [3.05, 3.63) is 91.9 Å². The third-order valence-electron chi connectivity index (χ3n) is 10.5. The maximum Gasteiger partial charge on any atom is 0.287 e. The van der Waals surface area contributed by atoms with Crippen LogP contribution in [0.3, 0.4) is 0 Å². The maximum absolute atomic E-state index is 13.5. The quantitative estimate of drug-likeness (QED) is 0.378. The number of imide groups is 1. The molecule has 4 aliphatic rings. The van der Waals surface area contributed by atoms with Crippen molar-refractivity contribution < 1.29 is 19.2 Å². The molecule has 49 heavy (non-hydrogen) atoms. The van der Waals surface area contributed by atoms with Gasteiger partial charge in [-0.25, -0.2) is 4.68 Å². The summed E-state index contributed by atoms with van der Waals surface area (Å²) in [5, 5.41) is 10.0. The van der Waals surface area contributed by atoms with Crippen LogP contribution >= 0.6 is 11.6 Å². The molecule has 0 bridgehead atoms. The van der Waals surface area contributed by atoms with Crippen molar-refractivity contribution in [3.63, 3.8) is 0 Å². The Morgan fingerprint density at radius 1 is 0.939 bits per heavy atom. The third-order valence-corrected chi connectivity index (χ3v) is 10.9. The maximum atomic E-state index is 13.5. The molecule has 3 atom stereocenters. The first kappa shape index (κ1) is 33.0. The lowest BCUT2D eigenvalue weighted by atomic mass is 9.87. The van der Waals surface area contributed by atoms with E-state index in [4.69, 9.17) is 11.6 Å². The van der Waals surface area contributed by atoms with Crippen LogP contribution in [0.4, 0.5) is 5.69 Å². The lowest BCUT2D eigenvalue weighted by molar-refractivity contribution is -0.136. The van der Waals surface area contributed by atoms with Crippen LogP contribution in [0, 0.1) is 0 Å². The summed E-state index contributed by atoms with van der Waals surface area (Å²) >= 11 is 6.30. The zero-order valence-electron chi connectivity index (χ0n) is 27.7. The molecular weight excluding hydrogens is 646 g/mol. The van der Waals surface area contributed by atoms with Crippen LogP contribution in [-0.2, 0) is 23.2 Å². The van der Waals surface area contributed by atoms with E-state index in [-0.39, 0.29) is 52.6 Å². The van der Waals surface area contributed by atoms with Crippen LogP contribution in [0.5, 0.6) is 0 Å². The molecule has 1 unspecified atom stereocenters. The standard InChI is InChI=1S/C36H40ClN7O5/c1-41-18-25(16-27(20-41)39-29-17-38-42(2)36(49)32(29)37)21-3-5-23(6-4-21)34(47)43-13-11-22(12-14-43)24-7-8-28-26(15-24)19-44(35(28)48)30-9-10-31(45)40-33(30)46/h3-8,15,17,22,25,27,30,39H,9-14,16,18-20H2,1-2H3,(H,40,45,46)/t25-,27+,30?/m0/s1. The molecule has 0 radical (unpaired) electrons. The Morgan fingerprint density at radius 3 is 2.41 bits per heavy atom. The van der Waals surface area contributed by atoms with Crippen molar-refractivity contribution >= 4 is 40.9 Å². The van der Waals surface area contributed by atoms with Gasteiger partial charge in [0.25, 0.3) is 17.4 Å². The highest BCUT2D eigenvalue weighted by Gasteiger charge is 2.39. The van der Waals surface area contributed by atoms with Crippen molar-refractivity contribution in [1.82, 2.24) is 29.8 Å². The van der Waals surface area contributed by atoms with Crippen molar-refractivity contribution in [2.45, 2.75) is 62.6 Å². The Bertz CT molecular complexity index is 1870. The molecule has 0 spiro atoms. The van der Waals surface area contributed by atoms with Gasteiger partial charge in [0.1, 0.15) is 11.1 Å². The number of aromatic nitrogens is 2. The summed E-state index contributed by atoms with van der Waals surface area (Å²) in [5.74, 6) is -0.336.